The first-order valence-corrected chi connectivity index (χ1v) is 10.4. The van der Waals surface area contributed by atoms with E-state index in [1.807, 2.05) is 12.1 Å². The van der Waals surface area contributed by atoms with Crippen LogP contribution in [0.3, 0.4) is 0 Å². The zero-order valence-electron chi connectivity index (χ0n) is 15.4. The second-order valence-corrected chi connectivity index (χ2v) is 7.90. The normalized spacial score (nSPS) is 13.6. The van der Waals surface area contributed by atoms with Crippen molar-refractivity contribution in [2.45, 2.75) is 19.4 Å². The van der Waals surface area contributed by atoms with Gasteiger partial charge in [-0.15, -0.1) is 11.3 Å². The van der Waals surface area contributed by atoms with Crippen molar-refractivity contribution < 1.29 is 14.3 Å². The summed E-state index contributed by atoms with van der Waals surface area (Å²) in [7, 11) is 0. The van der Waals surface area contributed by atoms with Crippen molar-refractivity contribution in [1.82, 2.24) is 4.98 Å². The smallest absolute Gasteiger partial charge is 0.275 e. The number of anilines is 2. The molecule has 1 saturated heterocycles. The van der Waals surface area contributed by atoms with Crippen molar-refractivity contribution in [3.05, 3.63) is 69.6 Å². The average Bonchev–Trinajstić information content (AvgIpc) is 3.37. The zero-order chi connectivity index (χ0) is 20.2. The van der Waals surface area contributed by atoms with Crippen LogP contribution in [0, 0.1) is 0 Å². The van der Waals surface area contributed by atoms with E-state index in [0.29, 0.717) is 40.1 Å². The minimum atomic E-state index is -0.302. The van der Waals surface area contributed by atoms with Gasteiger partial charge >= 0.3 is 0 Å². The number of nitrogens with zero attached hydrogens (tertiary/aromatic N) is 2. The van der Waals surface area contributed by atoms with Crippen molar-refractivity contribution in [2.24, 2.45) is 0 Å². The van der Waals surface area contributed by atoms with Crippen molar-refractivity contribution in [2.75, 3.05) is 16.8 Å². The van der Waals surface area contributed by atoms with Crippen LogP contribution in [-0.4, -0.2) is 23.3 Å². The molecule has 148 valence electrons. The number of benzene rings is 2. The highest BCUT2D eigenvalue weighted by atomic mass is 35.5. The van der Waals surface area contributed by atoms with Crippen molar-refractivity contribution in [3.8, 4) is 5.75 Å². The SMILES string of the molecule is O=C(Nc1cccc(N2CCCC2=O)c1)c1csc(COc2ccc(Cl)cc2)n1. The maximum atomic E-state index is 12.5. The predicted octanol–water partition coefficient (Wildman–Crippen LogP) is 4.75. The minimum absolute atomic E-state index is 0.110. The lowest BCUT2D eigenvalue weighted by Gasteiger charge is -2.16. The number of hydrogen-bond acceptors (Lipinski definition) is 5. The zero-order valence-corrected chi connectivity index (χ0v) is 17.0. The lowest BCUT2D eigenvalue weighted by molar-refractivity contribution is -0.117. The molecule has 6 nitrogen and oxygen atoms in total. The Morgan fingerprint density at radius 2 is 2.07 bits per heavy atom. The average molecular weight is 428 g/mol. The molecule has 0 radical (unpaired) electrons. The van der Waals surface area contributed by atoms with Gasteiger partial charge in [0, 0.05) is 34.7 Å². The molecule has 2 amide bonds. The summed E-state index contributed by atoms with van der Waals surface area (Å²) in [5.41, 5.74) is 1.74. The first-order chi connectivity index (χ1) is 14.1. The molecule has 2 heterocycles. The standard InChI is InChI=1S/C21H18ClN3O3S/c22-14-6-8-17(9-7-14)28-12-19-24-18(13-29-19)21(27)23-15-3-1-4-16(11-15)25-10-2-5-20(25)26/h1,3-4,6-9,11,13H,2,5,10,12H2,(H,23,27). The van der Waals surface area contributed by atoms with E-state index >= 15 is 0 Å². The molecule has 1 aliphatic rings. The molecule has 3 aromatic rings. The maximum absolute atomic E-state index is 12.5. The lowest BCUT2D eigenvalue weighted by Crippen LogP contribution is -2.23. The summed E-state index contributed by atoms with van der Waals surface area (Å²) in [4.78, 5) is 30.5. The fourth-order valence-corrected chi connectivity index (χ4v) is 3.84. The third kappa shape index (κ3) is 4.75. The van der Waals surface area contributed by atoms with E-state index in [4.69, 9.17) is 16.3 Å². The Morgan fingerprint density at radius 1 is 1.24 bits per heavy atom. The van der Waals surface area contributed by atoms with Gasteiger partial charge < -0.3 is 15.0 Å². The molecule has 0 atom stereocenters. The highest BCUT2D eigenvalue weighted by molar-refractivity contribution is 7.09. The molecular weight excluding hydrogens is 410 g/mol. The van der Waals surface area contributed by atoms with Crippen LogP contribution in [0.4, 0.5) is 11.4 Å². The number of carbonyl (C=O) groups is 2. The Kier molecular flexibility index (Phi) is 5.78. The van der Waals surface area contributed by atoms with Gasteiger partial charge in [-0.2, -0.15) is 0 Å². The molecule has 0 spiro atoms. The van der Waals surface area contributed by atoms with Crippen molar-refractivity contribution in [3.63, 3.8) is 0 Å². The van der Waals surface area contributed by atoms with Gasteiger partial charge in [-0.05, 0) is 48.9 Å². The van der Waals surface area contributed by atoms with Crippen LogP contribution < -0.4 is 15.0 Å². The summed E-state index contributed by atoms with van der Waals surface area (Å²) in [6, 6.07) is 14.3. The van der Waals surface area contributed by atoms with Crippen molar-refractivity contribution >= 4 is 46.1 Å². The summed E-state index contributed by atoms with van der Waals surface area (Å²) < 4.78 is 5.66. The van der Waals surface area contributed by atoms with Gasteiger partial charge in [0.25, 0.3) is 5.91 Å². The molecule has 4 rings (SSSR count). The number of ether oxygens (including phenoxy) is 1. The summed E-state index contributed by atoms with van der Waals surface area (Å²) in [5.74, 6) is 0.492. The summed E-state index contributed by atoms with van der Waals surface area (Å²) in [6.45, 7) is 0.978. The number of amides is 2. The highest BCUT2D eigenvalue weighted by Crippen LogP contribution is 2.25. The molecule has 29 heavy (non-hydrogen) atoms. The number of nitrogens with one attached hydrogen (secondary N) is 1. The molecule has 1 aliphatic heterocycles. The Balaban J connectivity index is 1.38. The lowest BCUT2D eigenvalue weighted by atomic mass is 10.2. The molecule has 0 saturated carbocycles. The number of rotatable bonds is 6. The third-order valence-corrected chi connectivity index (χ3v) is 5.52. The van der Waals surface area contributed by atoms with E-state index in [1.165, 1.54) is 11.3 Å². The fraction of sp³-hybridized carbons (Fsp3) is 0.190. The molecule has 0 unspecified atom stereocenters. The molecule has 8 heteroatoms. The number of hydrogen-bond donors (Lipinski definition) is 1. The Bertz CT molecular complexity index is 1040. The highest BCUT2D eigenvalue weighted by Gasteiger charge is 2.22. The third-order valence-electron chi connectivity index (χ3n) is 4.45. The topological polar surface area (TPSA) is 71.5 Å². The van der Waals surface area contributed by atoms with E-state index in [-0.39, 0.29) is 18.4 Å². The second-order valence-electron chi connectivity index (χ2n) is 6.52. The molecule has 0 aliphatic carbocycles. The predicted molar refractivity (Wildman–Crippen MR) is 114 cm³/mol. The summed E-state index contributed by atoms with van der Waals surface area (Å²) >= 11 is 7.22. The number of aromatic nitrogens is 1. The van der Waals surface area contributed by atoms with Crippen LogP contribution in [0.5, 0.6) is 5.75 Å². The van der Waals surface area contributed by atoms with Crippen LogP contribution >= 0.6 is 22.9 Å². The number of carbonyl (C=O) groups excluding carboxylic acids is 2. The molecule has 0 bridgehead atoms. The van der Waals surface area contributed by atoms with E-state index in [9.17, 15) is 9.59 Å². The van der Waals surface area contributed by atoms with E-state index in [2.05, 4.69) is 10.3 Å². The van der Waals surface area contributed by atoms with Gasteiger partial charge in [-0.3, -0.25) is 9.59 Å². The fourth-order valence-electron chi connectivity index (χ4n) is 3.03. The monoisotopic (exact) mass is 427 g/mol. The van der Waals surface area contributed by atoms with Gasteiger partial charge in [0.05, 0.1) is 0 Å². The van der Waals surface area contributed by atoms with Crippen LogP contribution in [0.15, 0.2) is 53.9 Å². The van der Waals surface area contributed by atoms with Gasteiger partial charge in [-0.25, -0.2) is 4.98 Å². The second kappa shape index (κ2) is 8.63. The van der Waals surface area contributed by atoms with Crippen LogP contribution in [0.25, 0.3) is 0 Å². The Morgan fingerprint density at radius 3 is 2.83 bits per heavy atom. The maximum Gasteiger partial charge on any atom is 0.275 e. The van der Waals surface area contributed by atoms with Crippen molar-refractivity contribution in [1.29, 1.82) is 0 Å². The molecule has 1 fully saturated rings. The summed E-state index contributed by atoms with van der Waals surface area (Å²) in [6.07, 6.45) is 1.42. The minimum Gasteiger partial charge on any atom is -0.486 e. The first kappa shape index (κ1) is 19.4. The van der Waals surface area contributed by atoms with Gasteiger partial charge in [-0.1, -0.05) is 17.7 Å². The van der Waals surface area contributed by atoms with Gasteiger partial charge in [0.15, 0.2) is 0 Å². The first-order valence-electron chi connectivity index (χ1n) is 9.13. The molecule has 2 aromatic carbocycles. The summed E-state index contributed by atoms with van der Waals surface area (Å²) in [5, 5.41) is 5.88. The largest absolute Gasteiger partial charge is 0.486 e. The number of thiazole rings is 1. The number of halogens is 1. The van der Waals surface area contributed by atoms with E-state index in [0.717, 1.165) is 12.1 Å². The Labute approximate surface area is 177 Å². The quantitative estimate of drug-likeness (QED) is 0.616. The van der Waals surface area contributed by atoms with Crippen LogP contribution in [0.2, 0.25) is 5.02 Å². The van der Waals surface area contributed by atoms with E-state index in [1.54, 1.807) is 46.7 Å². The van der Waals surface area contributed by atoms with Crippen LogP contribution in [-0.2, 0) is 11.4 Å². The van der Waals surface area contributed by atoms with Gasteiger partial charge in [0.2, 0.25) is 5.91 Å². The molecule has 1 N–H and O–H groups in total. The van der Waals surface area contributed by atoms with Crippen LogP contribution in [0.1, 0.15) is 28.3 Å². The van der Waals surface area contributed by atoms with E-state index < -0.39 is 0 Å². The molecule has 1 aromatic heterocycles. The Hall–Kier alpha value is -2.90. The molecular formula is C21H18ClN3O3S. The van der Waals surface area contributed by atoms with Gasteiger partial charge in [0.1, 0.15) is 23.1 Å².